The van der Waals surface area contributed by atoms with Gasteiger partial charge in [0.2, 0.25) is 0 Å². The highest BCUT2D eigenvalue weighted by atomic mass is 16.5. The summed E-state index contributed by atoms with van der Waals surface area (Å²) in [4.78, 5) is 6.33. The van der Waals surface area contributed by atoms with Gasteiger partial charge in [-0.05, 0) is 11.6 Å². The molecule has 1 saturated heterocycles. The van der Waals surface area contributed by atoms with Crippen molar-refractivity contribution < 1.29 is 9.84 Å². The van der Waals surface area contributed by atoms with E-state index >= 15 is 0 Å². The predicted octanol–water partition coefficient (Wildman–Crippen LogP) is 0.518. The zero-order valence-electron chi connectivity index (χ0n) is 10.8. The number of likely N-dealkylation sites (N-methyl/N-ethyl adjacent to an activating group) is 1. The molecule has 1 aromatic heterocycles. The number of aromatic nitrogens is 1. The molecule has 2 heterocycles. The minimum Gasteiger partial charge on any atom is -0.388 e. The summed E-state index contributed by atoms with van der Waals surface area (Å²) >= 11 is 0. The molecule has 2 rings (SSSR count). The standard InChI is InChI=1S/C13H21N3O2/c1-16(10-13(17)4-6-18-7-5-13)12-3-2-11(8-14)9-15-12/h2-3,9,17H,4-8,10,14H2,1H3. The molecule has 18 heavy (non-hydrogen) atoms. The highest BCUT2D eigenvalue weighted by Crippen LogP contribution is 2.23. The predicted molar refractivity (Wildman–Crippen MR) is 70.4 cm³/mol. The average molecular weight is 251 g/mol. The first-order valence-electron chi connectivity index (χ1n) is 6.29. The first kappa shape index (κ1) is 13.3. The molecule has 100 valence electrons. The second-order valence-electron chi connectivity index (χ2n) is 4.92. The van der Waals surface area contributed by atoms with Crippen LogP contribution < -0.4 is 10.6 Å². The molecule has 0 unspecified atom stereocenters. The molecule has 0 aliphatic carbocycles. The Kier molecular flexibility index (Phi) is 4.16. The van der Waals surface area contributed by atoms with E-state index in [2.05, 4.69) is 4.98 Å². The summed E-state index contributed by atoms with van der Waals surface area (Å²) in [7, 11) is 1.94. The molecule has 0 atom stereocenters. The summed E-state index contributed by atoms with van der Waals surface area (Å²) in [6.45, 7) is 2.33. The second-order valence-corrected chi connectivity index (χ2v) is 4.92. The molecule has 5 nitrogen and oxygen atoms in total. The van der Waals surface area contributed by atoms with Gasteiger partial charge in [0.25, 0.3) is 0 Å². The largest absolute Gasteiger partial charge is 0.388 e. The first-order valence-corrected chi connectivity index (χ1v) is 6.29. The monoisotopic (exact) mass is 251 g/mol. The maximum absolute atomic E-state index is 10.4. The van der Waals surface area contributed by atoms with Gasteiger partial charge in [0.15, 0.2) is 0 Å². The van der Waals surface area contributed by atoms with Crippen LogP contribution in [0.3, 0.4) is 0 Å². The highest BCUT2D eigenvalue weighted by Gasteiger charge is 2.31. The van der Waals surface area contributed by atoms with Gasteiger partial charge in [-0.1, -0.05) is 6.07 Å². The SMILES string of the molecule is CN(CC1(O)CCOCC1)c1ccc(CN)cn1. The van der Waals surface area contributed by atoms with Crippen molar-refractivity contribution in [3.05, 3.63) is 23.9 Å². The molecule has 1 aromatic rings. The van der Waals surface area contributed by atoms with Crippen molar-refractivity contribution in [1.82, 2.24) is 4.98 Å². The van der Waals surface area contributed by atoms with E-state index in [1.807, 2.05) is 24.1 Å². The number of hydrogen-bond donors (Lipinski definition) is 2. The third-order valence-electron chi connectivity index (χ3n) is 3.39. The molecular weight excluding hydrogens is 230 g/mol. The lowest BCUT2D eigenvalue weighted by atomic mass is 9.94. The van der Waals surface area contributed by atoms with Gasteiger partial charge in [-0.2, -0.15) is 0 Å². The topological polar surface area (TPSA) is 71.6 Å². The highest BCUT2D eigenvalue weighted by molar-refractivity contribution is 5.38. The van der Waals surface area contributed by atoms with E-state index in [0.717, 1.165) is 11.4 Å². The van der Waals surface area contributed by atoms with Gasteiger partial charge < -0.3 is 20.5 Å². The Morgan fingerprint density at radius 2 is 2.17 bits per heavy atom. The molecule has 0 saturated carbocycles. The van der Waals surface area contributed by atoms with Gasteiger partial charge >= 0.3 is 0 Å². The van der Waals surface area contributed by atoms with Crippen molar-refractivity contribution in [3.63, 3.8) is 0 Å². The molecule has 0 aromatic carbocycles. The zero-order chi connectivity index (χ0) is 13.0. The number of pyridine rings is 1. The molecule has 3 N–H and O–H groups in total. The smallest absolute Gasteiger partial charge is 0.128 e. The minimum atomic E-state index is -0.665. The van der Waals surface area contributed by atoms with Crippen molar-refractivity contribution in [2.75, 3.05) is 31.7 Å². The first-order chi connectivity index (χ1) is 8.63. The lowest BCUT2D eigenvalue weighted by Gasteiger charge is -2.35. The summed E-state index contributed by atoms with van der Waals surface area (Å²) < 4.78 is 5.27. The zero-order valence-corrected chi connectivity index (χ0v) is 10.8. The van der Waals surface area contributed by atoms with E-state index in [1.165, 1.54) is 0 Å². The molecule has 1 fully saturated rings. The lowest BCUT2D eigenvalue weighted by molar-refractivity contribution is -0.0573. The van der Waals surface area contributed by atoms with Crippen LogP contribution in [0.1, 0.15) is 18.4 Å². The Balaban J connectivity index is 1.99. The van der Waals surface area contributed by atoms with Crippen LogP contribution in [0, 0.1) is 0 Å². The quantitative estimate of drug-likeness (QED) is 0.816. The van der Waals surface area contributed by atoms with Gasteiger partial charge in [0, 0.05) is 52.4 Å². The molecule has 5 heteroatoms. The minimum absolute atomic E-state index is 0.498. The van der Waals surface area contributed by atoms with Gasteiger partial charge in [-0.3, -0.25) is 0 Å². The molecule has 0 radical (unpaired) electrons. The fourth-order valence-corrected chi connectivity index (χ4v) is 2.20. The van der Waals surface area contributed by atoms with Crippen LogP contribution in [-0.2, 0) is 11.3 Å². The van der Waals surface area contributed by atoms with Gasteiger partial charge in [0.1, 0.15) is 5.82 Å². The Hall–Kier alpha value is -1.17. The Labute approximate surface area is 108 Å². The molecule has 0 spiro atoms. The Morgan fingerprint density at radius 1 is 1.44 bits per heavy atom. The number of aliphatic hydroxyl groups is 1. The maximum atomic E-state index is 10.4. The van der Waals surface area contributed by atoms with Gasteiger partial charge in [-0.25, -0.2) is 4.98 Å². The summed E-state index contributed by atoms with van der Waals surface area (Å²) in [6.07, 6.45) is 3.14. The third kappa shape index (κ3) is 3.19. The van der Waals surface area contributed by atoms with Crippen molar-refractivity contribution >= 4 is 5.82 Å². The summed E-state index contributed by atoms with van der Waals surface area (Å²) in [5, 5.41) is 10.4. The molecule has 1 aliphatic heterocycles. The summed E-state index contributed by atoms with van der Waals surface area (Å²) in [5.41, 5.74) is 5.88. The number of nitrogens with two attached hydrogens (primary N) is 1. The maximum Gasteiger partial charge on any atom is 0.128 e. The van der Waals surface area contributed by atoms with Crippen LogP contribution in [0.5, 0.6) is 0 Å². The van der Waals surface area contributed by atoms with Crippen LogP contribution >= 0.6 is 0 Å². The summed E-state index contributed by atoms with van der Waals surface area (Å²) in [5.74, 6) is 0.854. The van der Waals surface area contributed by atoms with Crippen LogP contribution in [0.15, 0.2) is 18.3 Å². The van der Waals surface area contributed by atoms with Crippen molar-refractivity contribution in [1.29, 1.82) is 0 Å². The van der Waals surface area contributed by atoms with E-state index in [-0.39, 0.29) is 0 Å². The van der Waals surface area contributed by atoms with E-state index in [0.29, 0.717) is 39.1 Å². The molecular formula is C13H21N3O2. The number of anilines is 1. The lowest BCUT2D eigenvalue weighted by Crippen LogP contribution is -2.46. The fourth-order valence-electron chi connectivity index (χ4n) is 2.20. The van der Waals surface area contributed by atoms with Gasteiger partial charge in [-0.15, -0.1) is 0 Å². The van der Waals surface area contributed by atoms with Crippen LogP contribution in [-0.4, -0.2) is 42.5 Å². The van der Waals surface area contributed by atoms with Crippen LogP contribution in [0.25, 0.3) is 0 Å². The Bertz CT molecular complexity index is 374. The fraction of sp³-hybridized carbons (Fsp3) is 0.615. The van der Waals surface area contributed by atoms with E-state index in [9.17, 15) is 5.11 Å². The average Bonchev–Trinajstić information content (AvgIpc) is 2.39. The number of rotatable bonds is 4. The second kappa shape index (κ2) is 5.65. The third-order valence-corrected chi connectivity index (χ3v) is 3.39. The molecule has 1 aliphatic rings. The number of ether oxygens (including phenoxy) is 1. The van der Waals surface area contributed by atoms with E-state index < -0.39 is 5.60 Å². The van der Waals surface area contributed by atoms with Crippen LogP contribution in [0.4, 0.5) is 5.82 Å². The Morgan fingerprint density at radius 3 is 2.72 bits per heavy atom. The van der Waals surface area contributed by atoms with E-state index in [4.69, 9.17) is 10.5 Å². The van der Waals surface area contributed by atoms with E-state index in [1.54, 1.807) is 6.20 Å². The van der Waals surface area contributed by atoms with Crippen LogP contribution in [0.2, 0.25) is 0 Å². The summed E-state index contributed by atoms with van der Waals surface area (Å²) in [6, 6.07) is 3.90. The normalized spacial score (nSPS) is 18.6. The van der Waals surface area contributed by atoms with Crippen molar-refractivity contribution in [3.8, 4) is 0 Å². The number of hydrogen-bond acceptors (Lipinski definition) is 5. The molecule has 0 amide bonds. The number of nitrogens with zero attached hydrogens (tertiary/aromatic N) is 2. The van der Waals surface area contributed by atoms with Crippen molar-refractivity contribution in [2.24, 2.45) is 5.73 Å². The molecule has 0 bridgehead atoms. The van der Waals surface area contributed by atoms with Gasteiger partial charge in [0.05, 0.1) is 5.60 Å². The van der Waals surface area contributed by atoms with Crippen molar-refractivity contribution in [2.45, 2.75) is 25.0 Å².